The van der Waals surface area contributed by atoms with Crippen molar-refractivity contribution >= 4 is 11.8 Å². The van der Waals surface area contributed by atoms with E-state index >= 15 is 0 Å². The summed E-state index contributed by atoms with van der Waals surface area (Å²) in [7, 11) is 0. The lowest BCUT2D eigenvalue weighted by Gasteiger charge is -2.08. The van der Waals surface area contributed by atoms with Crippen molar-refractivity contribution in [3.63, 3.8) is 0 Å². The molecule has 0 amide bonds. The van der Waals surface area contributed by atoms with Gasteiger partial charge in [-0.2, -0.15) is 0 Å². The van der Waals surface area contributed by atoms with Crippen LogP contribution in [0.25, 0.3) is 0 Å². The molecule has 2 rings (SSSR count). The van der Waals surface area contributed by atoms with Gasteiger partial charge >= 0.3 is 0 Å². The molecule has 0 heterocycles. The van der Waals surface area contributed by atoms with E-state index in [9.17, 15) is 4.39 Å². The maximum absolute atomic E-state index is 13.1. The number of rotatable bonds is 4. The summed E-state index contributed by atoms with van der Waals surface area (Å²) in [4.78, 5) is 1.06. The highest BCUT2D eigenvalue weighted by Gasteiger charge is 2.04. The first-order chi connectivity index (χ1) is 8.69. The van der Waals surface area contributed by atoms with Gasteiger partial charge in [0.15, 0.2) is 0 Å². The molecule has 3 heteroatoms. The Balaban J connectivity index is 2.10. The first-order valence-electron chi connectivity index (χ1n) is 5.86. The van der Waals surface area contributed by atoms with Gasteiger partial charge in [0.1, 0.15) is 5.82 Å². The maximum Gasteiger partial charge on any atom is 0.123 e. The zero-order valence-corrected chi connectivity index (χ0v) is 11.1. The number of thioether (sulfide) groups is 1. The van der Waals surface area contributed by atoms with Gasteiger partial charge in [-0.15, -0.1) is 11.8 Å². The van der Waals surface area contributed by atoms with Crippen LogP contribution in [0.1, 0.15) is 16.7 Å². The Kier molecular flexibility index (Phi) is 4.39. The number of benzene rings is 2. The van der Waals surface area contributed by atoms with E-state index in [4.69, 9.17) is 5.73 Å². The summed E-state index contributed by atoms with van der Waals surface area (Å²) < 4.78 is 13.1. The number of hydrogen-bond donors (Lipinski definition) is 1. The molecule has 0 aromatic heterocycles. The van der Waals surface area contributed by atoms with Gasteiger partial charge in [-0.1, -0.05) is 29.8 Å². The molecule has 0 unspecified atom stereocenters. The maximum atomic E-state index is 13.1. The zero-order valence-electron chi connectivity index (χ0n) is 10.3. The van der Waals surface area contributed by atoms with Crippen LogP contribution in [-0.4, -0.2) is 0 Å². The van der Waals surface area contributed by atoms with E-state index in [1.165, 1.54) is 23.3 Å². The molecule has 0 atom stereocenters. The summed E-state index contributed by atoms with van der Waals surface area (Å²) in [6.45, 7) is 2.45. The quantitative estimate of drug-likeness (QED) is 0.845. The highest BCUT2D eigenvalue weighted by molar-refractivity contribution is 7.98. The number of aryl methyl sites for hydroxylation is 1. The number of nitrogens with two attached hydrogens (primary N) is 1. The molecule has 0 fully saturated rings. The van der Waals surface area contributed by atoms with Crippen molar-refractivity contribution in [2.24, 2.45) is 5.73 Å². The van der Waals surface area contributed by atoms with Crippen molar-refractivity contribution in [3.8, 4) is 0 Å². The van der Waals surface area contributed by atoms with Gasteiger partial charge in [0.2, 0.25) is 0 Å². The lowest BCUT2D eigenvalue weighted by atomic mass is 10.2. The Bertz CT molecular complexity index is 540. The van der Waals surface area contributed by atoms with Crippen molar-refractivity contribution in [1.29, 1.82) is 0 Å². The van der Waals surface area contributed by atoms with Crippen LogP contribution in [-0.2, 0) is 12.3 Å². The normalized spacial score (nSPS) is 10.6. The van der Waals surface area contributed by atoms with Gasteiger partial charge in [-0.05, 0) is 36.2 Å². The predicted octanol–water partition coefficient (Wildman–Crippen LogP) is 3.89. The van der Waals surface area contributed by atoms with Crippen molar-refractivity contribution in [1.82, 2.24) is 0 Å². The summed E-state index contributed by atoms with van der Waals surface area (Å²) in [6, 6.07) is 13.2. The van der Waals surface area contributed by atoms with Crippen molar-refractivity contribution < 1.29 is 4.39 Å². The van der Waals surface area contributed by atoms with Gasteiger partial charge in [-0.3, -0.25) is 0 Å². The fourth-order valence-electron chi connectivity index (χ4n) is 1.81. The fourth-order valence-corrected chi connectivity index (χ4v) is 2.81. The minimum absolute atomic E-state index is 0.227. The second kappa shape index (κ2) is 6.03. The van der Waals surface area contributed by atoms with Crippen LogP contribution in [0.5, 0.6) is 0 Å². The zero-order chi connectivity index (χ0) is 13.0. The third-order valence-corrected chi connectivity index (χ3v) is 3.91. The molecule has 2 N–H and O–H groups in total. The smallest absolute Gasteiger partial charge is 0.123 e. The van der Waals surface area contributed by atoms with E-state index in [0.29, 0.717) is 6.54 Å². The van der Waals surface area contributed by atoms with E-state index in [-0.39, 0.29) is 5.82 Å². The lowest BCUT2D eigenvalue weighted by Crippen LogP contribution is -1.99. The van der Waals surface area contributed by atoms with Crippen LogP contribution in [0, 0.1) is 12.7 Å². The van der Waals surface area contributed by atoms with Crippen LogP contribution in [0.4, 0.5) is 4.39 Å². The molecule has 0 radical (unpaired) electrons. The predicted molar refractivity (Wildman–Crippen MR) is 75.0 cm³/mol. The molecule has 94 valence electrons. The third kappa shape index (κ3) is 3.34. The number of halogens is 1. The Morgan fingerprint density at radius 1 is 1.17 bits per heavy atom. The minimum atomic E-state index is -0.227. The first kappa shape index (κ1) is 13.1. The van der Waals surface area contributed by atoms with E-state index < -0.39 is 0 Å². The molecule has 0 aliphatic rings. The highest BCUT2D eigenvalue weighted by atomic mass is 32.2. The van der Waals surface area contributed by atoms with Gasteiger partial charge in [0, 0.05) is 17.2 Å². The molecule has 0 saturated carbocycles. The van der Waals surface area contributed by atoms with Crippen LogP contribution in [0.3, 0.4) is 0 Å². The summed E-state index contributed by atoms with van der Waals surface area (Å²) in [5.74, 6) is 0.649. The van der Waals surface area contributed by atoms with Crippen molar-refractivity contribution in [2.75, 3.05) is 0 Å². The summed E-state index contributed by atoms with van der Waals surface area (Å²) in [6.07, 6.45) is 0. The monoisotopic (exact) mass is 261 g/mol. The highest BCUT2D eigenvalue weighted by Crippen LogP contribution is 2.27. The first-order valence-corrected chi connectivity index (χ1v) is 6.84. The van der Waals surface area contributed by atoms with E-state index in [0.717, 1.165) is 16.2 Å². The second-order valence-electron chi connectivity index (χ2n) is 4.23. The van der Waals surface area contributed by atoms with Crippen LogP contribution >= 0.6 is 11.8 Å². The fraction of sp³-hybridized carbons (Fsp3) is 0.200. The largest absolute Gasteiger partial charge is 0.326 e. The summed E-state index contributed by atoms with van der Waals surface area (Å²) in [5.41, 5.74) is 9.03. The molecule has 0 aliphatic carbocycles. The van der Waals surface area contributed by atoms with E-state index in [2.05, 4.69) is 31.2 Å². The Labute approximate surface area is 111 Å². The Morgan fingerprint density at radius 3 is 2.72 bits per heavy atom. The Morgan fingerprint density at radius 2 is 2.00 bits per heavy atom. The summed E-state index contributed by atoms with van der Waals surface area (Å²) >= 11 is 1.70. The topological polar surface area (TPSA) is 26.0 Å². The molecule has 0 saturated heterocycles. The summed E-state index contributed by atoms with van der Waals surface area (Å²) in [5, 5.41) is 0. The van der Waals surface area contributed by atoms with Gasteiger partial charge in [0.05, 0.1) is 0 Å². The van der Waals surface area contributed by atoms with E-state index in [1.807, 2.05) is 0 Å². The molecule has 2 aromatic rings. The average Bonchev–Trinajstić information content (AvgIpc) is 2.37. The van der Waals surface area contributed by atoms with Crippen molar-refractivity contribution in [3.05, 3.63) is 65.0 Å². The molecule has 0 aliphatic heterocycles. The van der Waals surface area contributed by atoms with Crippen LogP contribution < -0.4 is 5.73 Å². The molecule has 18 heavy (non-hydrogen) atoms. The molecular formula is C15H16FNS. The van der Waals surface area contributed by atoms with Crippen LogP contribution in [0.15, 0.2) is 47.4 Å². The molecule has 0 spiro atoms. The standard InChI is InChI=1S/C15H16FNS/c1-11-3-2-4-12(7-11)10-18-15-6-5-14(16)8-13(15)9-17/h2-8H,9-10,17H2,1H3. The van der Waals surface area contributed by atoms with Crippen LogP contribution in [0.2, 0.25) is 0 Å². The average molecular weight is 261 g/mol. The molecule has 2 aromatic carbocycles. The van der Waals surface area contributed by atoms with Gasteiger partial charge < -0.3 is 5.73 Å². The van der Waals surface area contributed by atoms with Gasteiger partial charge in [-0.25, -0.2) is 4.39 Å². The number of hydrogen-bond acceptors (Lipinski definition) is 2. The van der Waals surface area contributed by atoms with E-state index in [1.54, 1.807) is 17.8 Å². The van der Waals surface area contributed by atoms with Crippen molar-refractivity contribution in [2.45, 2.75) is 24.1 Å². The second-order valence-corrected chi connectivity index (χ2v) is 5.25. The Hall–Kier alpha value is -1.32. The minimum Gasteiger partial charge on any atom is -0.326 e. The van der Waals surface area contributed by atoms with Gasteiger partial charge in [0.25, 0.3) is 0 Å². The molecule has 1 nitrogen and oxygen atoms in total. The SMILES string of the molecule is Cc1cccc(CSc2ccc(F)cc2CN)c1. The molecular weight excluding hydrogens is 245 g/mol. The third-order valence-electron chi connectivity index (χ3n) is 2.72. The molecule has 0 bridgehead atoms. The lowest BCUT2D eigenvalue weighted by molar-refractivity contribution is 0.623.